The lowest BCUT2D eigenvalue weighted by atomic mass is 10.1. The normalized spacial score (nSPS) is 19.2. The van der Waals surface area contributed by atoms with E-state index in [1.807, 2.05) is 12.2 Å². The number of rotatable bonds is 12. The Morgan fingerprint density at radius 3 is 2.66 bits per heavy atom. The number of halogens is 1. The summed E-state index contributed by atoms with van der Waals surface area (Å²) in [6.45, 7) is -0.111. The van der Waals surface area contributed by atoms with E-state index in [2.05, 4.69) is 36.0 Å². The Morgan fingerprint density at radius 2 is 2.00 bits per heavy atom. The monoisotopic (exact) mass is 610 g/mol. The number of imidazole rings is 1. The van der Waals surface area contributed by atoms with E-state index in [1.165, 1.54) is 19.2 Å². The van der Waals surface area contributed by atoms with Crippen LogP contribution < -0.4 is 20.1 Å². The Bertz CT molecular complexity index is 1410. The van der Waals surface area contributed by atoms with Crippen molar-refractivity contribution in [3.63, 3.8) is 0 Å². The first-order valence-corrected chi connectivity index (χ1v) is 13.5. The highest BCUT2D eigenvalue weighted by Gasteiger charge is 2.36. The molecule has 0 saturated carbocycles. The molecule has 1 aliphatic carbocycles. The summed E-state index contributed by atoms with van der Waals surface area (Å²) in [5.74, 6) is -2.73. The summed E-state index contributed by atoms with van der Waals surface area (Å²) < 4.78 is 32.5. The van der Waals surface area contributed by atoms with Gasteiger partial charge in [0.15, 0.2) is 11.2 Å². The zero-order valence-electron chi connectivity index (χ0n) is 19.9. The van der Waals surface area contributed by atoms with Crippen LogP contribution in [0.3, 0.4) is 0 Å². The van der Waals surface area contributed by atoms with Gasteiger partial charge in [0.05, 0.1) is 32.5 Å². The van der Waals surface area contributed by atoms with Crippen LogP contribution in [-0.4, -0.2) is 61.4 Å². The maximum Gasteiger partial charge on any atom is 0.459 e. The van der Waals surface area contributed by atoms with E-state index in [9.17, 15) is 19.3 Å². The zero-order chi connectivity index (χ0) is 27.4. The van der Waals surface area contributed by atoms with Crippen molar-refractivity contribution in [2.75, 3.05) is 19.5 Å². The lowest BCUT2D eigenvalue weighted by molar-refractivity contribution is -0.145. The number of aromatic nitrogens is 4. The van der Waals surface area contributed by atoms with Crippen LogP contribution in [0.4, 0.5) is 5.95 Å². The predicted molar refractivity (Wildman–Crippen MR) is 138 cm³/mol. The average Bonchev–Trinajstić information content (AvgIpc) is 3.50. The topological polar surface area (TPSA) is 201 Å². The molecular weight excluding hydrogens is 587 g/mol. The molecule has 0 fully saturated rings. The van der Waals surface area contributed by atoms with Gasteiger partial charge in [-0.1, -0.05) is 28.1 Å². The number of hydrogen-bond acceptors (Lipinski definition) is 10. The van der Waals surface area contributed by atoms with Crippen LogP contribution in [0.5, 0.6) is 11.6 Å². The van der Waals surface area contributed by atoms with E-state index in [0.717, 1.165) is 4.47 Å². The molecule has 0 bridgehead atoms. The first-order chi connectivity index (χ1) is 18.1. The third-order valence-electron chi connectivity index (χ3n) is 5.60. The molecule has 0 spiro atoms. The van der Waals surface area contributed by atoms with Gasteiger partial charge in [-0.2, -0.15) is 15.1 Å². The second-order valence-electron chi connectivity index (χ2n) is 8.32. The van der Waals surface area contributed by atoms with Crippen LogP contribution in [0.2, 0.25) is 0 Å². The van der Waals surface area contributed by atoms with Crippen molar-refractivity contribution in [2.24, 2.45) is 5.92 Å². The van der Waals surface area contributed by atoms with Crippen molar-refractivity contribution >= 4 is 52.7 Å². The SMILES string of the molecule is COc1nc(N)nc2c1ncn2[C@H]1C=C[C@@H](COP(=O)(N[C@@H](CC(=O)O)C(=O)O)Oc2ccc(Br)cc2)C1. The van der Waals surface area contributed by atoms with Crippen molar-refractivity contribution in [3.05, 3.63) is 47.2 Å². The fourth-order valence-corrected chi connectivity index (χ4v) is 5.66. The highest BCUT2D eigenvalue weighted by Crippen LogP contribution is 2.46. The summed E-state index contributed by atoms with van der Waals surface area (Å²) in [6.07, 6.45) is 5.02. The molecule has 202 valence electrons. The average molecular weight is 611 g/mol. The molecule has 2 aromatic heterocycles. The van der Waals surface area contributed by atoms with Gasteiger partial charge in [-0.3, -0.25) is 14.1 Å². The van der Waals surface area contributed by atoms with Gasteiger partial charge in [-0.05, 0) is 30.7 Å². The molecule has 4 rings (SSSR count). The lowest BCUT2D eigenvalue weighted by Crippen LogP contribution is -2.38. The maximum absolute atomic E-state index is 13.6. The van der Waals surface area contributed by atoms with Crippen molar-refractivity contribution in [1.82, 2.24) is 24.6 Å². The summed E-state index contributed by atoms with van der Waals surface area (Å²) in [4.78, 5) is 35.4. The third-order valence-corrected chi connectivity index (χ3v) is 7.69. The number of methoxy groups -OCH3 is 1. The van der Waals surface area contributed by atoms with Gasteiger partial charge in [0.2, 0.25) is 11.8 Å². The van der Waals surface area contributed by atoms with Crippen LogP contribution in [-0.2, 0) is 18.7 Å². The van der Waals surface area contributed by atoms with E-state index < -0.39 is 32.1 Å². The van der Waals surface area contributed by atoms with Crippen LogP contribution >= 0.6 is 23.7 Å². The summed E-state index contributed by atoms with van der Waals surface area (Å²) in [5, 5.41) is 20.8. The highest BCUT2D eigenvalue weighted by molar-refractivity contribution is 9.10. The number of anilines is 1. The molecule has 0 amide bonds. The largest absolute Gasteiger partial charge is 0.481 e. The number of nitrogens with zero attached hydrogens (tertiary/aromatic N) is 4. The molecule has 0 saturated heterocycles. The molecule has 0 radical (unpaired) electrons. The molecule has 16 heteroatoms. The van der Waals surface area contributed by atoms with E-state index in [1.54, 1.807) is 23.0 Å². The lowest BCUT2D eigenvalue weighted by Gasteiger charge is -2.24. The summed E-state index contributed by atoms with van der Waals surface area (Å²) in [7, 11) is -2.87. The maximum atomic E-state index is 13.6. The molecular formula is C22H24BrN6O8P. The first-order valence-electron chi connectivity index (χ1n) is 11.2. The molecule has 3 aromatic rings. The van der Waals surface area contributed by atoms with Gasteiger partial charge in [-0.15, -0.1) is 0 Å². The van der Waals surface area contributed by atoms with E-state index in [4.69, 9.17) is 24.6 Å². The number of carbonyl (C=O) groups is 2. The number of hydrogen-bond donors (Lipinski definition) is 4. The van der Waals surface area contributed by atoms with Gasteiger partial charge in [0.25, 0.3) is 0 Å². The van der Waals surface area contributed by atoms with Crippen molar-refractivity contribution in [1.29, 1.82) is 0 Å². The number of allylic oxidation sites excluding steroid dienone is 1. The number of carboxylic acids is 2. The number of nitrogens with two attached hydrogens (primary N) is 1. The summed E-state index contributed by atoms with van der Waals surface area (Å²) >= 11 is 3.29. The Hall–Kier alpha value is -3.52. The molecule has 1 aromatic carbocycles. The minimum atomic E-state index is -4.33. The van der Waals surface area contributed by atoms with Crippen LogP contribution in [0, 0.1) is 5.92 Å². The Labute approximate surface area is 224 Å². The fourth-order valence-electron chi connectivity index (χ4n) is 3.85. The predicted octanol–water partition coefficient (Wildman–Crippen LogP) is 3.02. The number of aliphatic carboxylic acids is 2. The number of fused-ring (bicyclic) bond motifs is 1. The smallest absolute Gasteiger partial charge is 0.459 e. The molecule has 4 atom stereocenters. The first kappa shape index (κ1) is 27.5. The van der Waals surface area contributed by atoms with Crippen LogP contribution in [0.15, 0.2) is 47.2 Å². The molecule has 1 aliphatic rings. The van der Waals surface area contributed by atoms with Gasteiger partial charge in [0.1, 0.15) is 11.8 Å². The Kier molecular flexibility index (Phi) is 8.31. The highest BCUT2D eigenvalue weighted by atomic mass is 79.9. The molecule has 1 unspecified atom stereocenters. The van der Waals surface area contributed by atoms with Crippen molar-refractivity contribution < 1.29 is 38.2 Å². The van der Waals surface area contributed by atoms with Gasteiger partial charge >= 0.3 is 19.7 Å². The molecule has 0 aliphatic heterocycles. The van der Waals surface area contributed by atoms with Gasteiger partial charge in [0, 0.05) is 10.4 Å². The number of nitrogen functional groups attached to an aromatic ring is 1. The second-order valence-corrected chi connectivity index (χ2v) is 10.9. The quantitative estimate of drug-likeness (QED) is 0.172. The molecule has 38 heavy (non-hydrogen) atoms. The number of nitrogens with one attached hydrogen (secondary N) is 1. The third kappa shape index (κ3) is 6.48. The molecule has 5 N–H and O–H groups in total. The number of carboxylic acid groups (broad SMARTS) is 2. The molecule has 14 nitrogen and oxygen atoms in total. The zero-order valence-corrected chi connectivity index (χ0v) is 22.4. The minimum absolute atomic E-state index is 0.0319. The minimum Gasteiger partial charge on any atom is -0.481 e. The molecule has 2 heterocycles. The second kappa shape index (κ2) is 11.5. The fraction of sp³-hybridized carbons (Fsp3) is 0.318. The van der Waals surface area contributed by atoms with Gasteiger partial charge in [-0.25, -0.2) is 9.55 Å². The van der Waals surface area contributed by atoms with Crippen LogP contribution in [0.1, 0.15) is 18.9 Å². The van der Waals surface area contributed by atoms with E-state index in [0.29, 0.717) is 17.6 Å². The van der Waals surface area contributed by atoms with E-state index in [-0.39, 0.29) is 36.1 Å². The standard InChI is InChI=1S/C22H24BrN6O8P/c1-35-20-18-19(26-22(24)27-20)29(11-25-18)14-5-2-12(8-14)10-36-38(34,28-16(21(32)33)9-17(30)31)37-15-6-3-13(23)4-7-15/h2-7,11-12,14,16H,8-10H2,1H3,(H,28,34)(H,30,31)(H,32,33)(H2,24,26,27)/t12-,14+,16+,38?/m1/s1. The van der Waals surface area contributed by atoms with Crippen LogP contribution in [0.25, 0.3) is 11.2 Å². The Morgan fingerprint density at radius 1 is 1.26 bits per heavy atom. The van der Waals surface area contributed by atoms with Crippen molar-refractivity contribution in [2.45, 2.75) is 24.9 Å². The summed E-state index contributed by atoms with van der Waals surface area (Å²) in [6, 6.07) is 4.38. The van der Waals surface area contributed by atoms with Crippen molar-refractivity contribution in [3.8, 4) is 11.6 Å². The number of benzene rings is 1. The number of ether oxygens (including phenoxy) is 1. The van der Waals surface area contributed by atoms with E-state index >= 15 is 0 Å². The van der Waals surface area contributed by atoms with Gasteiger partial charge < -0.3 is 29.8 Å². The Balaban J connectivity index is 1.49. The summed E-state index contributed by atoms with van der Waals surface area (Å²) in [5.41, 5.74) is 6.73.